The molecule has 0 nitrogen and oxygen atoms in total. The van der Waals surface area contributed by atoms with Gasteiger partial charge >= 0.3 is 320 Å². The molecule has 0 spiro atoms. The Hall–Kier alpha value is -1.96. The Morgan fingerprint density at radius 2 is 1.25 bits per heavy atom. The number of hydrogen-bond acceptors (Lipinski definition) is 0. The van der Waals surface area contributed by atoms with Crippen LogP contribution in [-0.4, -0.2) is 5.92 Å². The van der Waals surface area contributed by atoms with Crippen molar-refractivity contribution in [3.05, 3.63) is 129 Å². The molecule has 0 aromatic heterocycles. The van der Waals surface area contributed by atoms with Gasteiger partial charge in [0, 0.05) is 0 Å². The van der Waals surface area contributed by atoms with Crippen molar-refractivity contribution in [2.45, 2.75) is 112 Å². The molecule has 3 aliphatic rings. The molecule has 0 bridgehead atoms. The predicted octanol–water partition coefficient (Wildman–Crippen LogP) is 15.2. The van der Waals surface area contributed by atoms with Gasteiger partial charge in [-0.05, 0) is 0 Å². The van der Waals surface area contributed by atoms with E-state index in [1.807, 2.05) is 0 Å². The van der Waals surface area contributed by atoms with Gasteiger partial charge in [-0.15, -0.1) is 0 Å². The van der Waals surface area contributed by atoms with Gasteiger partial charge in [0.15, 0.2) is 0 Å². The number of hydrogen-bond donors (Lipinski definition) is 0. The zero-order valence-corrected chi connectivity index (χ0v) is 37.0. The summed E-state index contributed by atoms with van der Waals surface area (Å²) in [4.78, 5) is 0. The fourth-order valence-electron chi connectivity index (χ4n) is 10.1. The first-order valence-corrected chi connectivity index (χ1v) is 36.2. The van der Waals surface area contributed by atoms with Crippen LogP contribution in [0.1, 0.15) is 132 Å². The number of halogens is 2. The summed E-state index contributed by atoms with van der Waals surface area (Å²) in [6, 6.07) is 32.7. The molecule has 7 rings (SSSR count). The number of fused-ring (bicyclic) bond motifs is 2. The minimum atomic E-state index is -4.85. The van der Waals surface area contributed by atoms with E-state index in [1.165, 1.54) is 98.9 Å². The molecule has 0 saturated heterocycles. The zero-order valence-electron chi connectivity index (χ0n) is 31.9. The van der Waals surface area contributed by atoms with Gasteiger partial charge in [-0.1, -0.05) is 0 Å². The van der Waals surface area contributed by atoms with Gasteiger partial charge in [0.05, 0.1) is 0 Å². The summed E-state index contributed by atoms with van der Waals surface area (Å²) in [6.07, 6.45) is 14.1. The molecule has 3 unspecified atom stereocenters. The Labute approximate surface area is 317 Å². The molecule has 267 valence electrons. The van der Waals surface area contributed by atoms with Crippen molar-refractivity contribution in [3.63, 3.8) is 0 Å². The summed E-state index contributed by atoms with van der Waals surface area (Å²) in [5.74, 6) is 0.00196. The van der Waals surface area contributed by atoms with E-state index in [1.54, 1.807) is 0 Å². The third-order valence-corrected chi connectivity index (χ3v) is 65.0. The first-order valence-electron chi connectivity index (χ1n) is 19.9. The summed E-state index contributed by atoms with van der Waals surface area (Å²) in [6.45, 7) is 16.5. The average Bonchev–Trinajstić information content (AvgIpc) is 3.71. The van der Waals surface area contributed by atoms with E-state index in [9.17, 15) is 0 Å². The van der Waals surface area contributed by atoms with Crippen LogP contribution in [0.25, 0.3) is 34.4 Å². The summed E-state index contributed by atoms with van der Waals surface area (Å²) in [7, 11) is 17.5. The Bertz CT molecular complexity index is 1960. The standard InChI is InChI=1S/C23H27.C22H23.C2H7Si.2ClH.Zr/c1-5-7-17(4)21-14-20-8-6-9-22(23(20)15-21)19-12-10-18(11-13-19)16(2)3;1-16-14-20-8-5-9-21(22(20)15-16)19-12-10-18(11-13-19)17-6-3-2-4-7-17;1-3-2;;;/h6,8-17H,5,7H2,1-4H3;5,8-15,17H,2-4,6-7H2,1H3;3H,1-2H3;2*1H;/q;;;;;+2/p-2. The Morgan fingerprint density at radius 1 is 0.706 bits per heavy atom. The first-order chi connectivity index (χ1) is 24.4. The van der Waals surface area contributed by atoms with E-state index in [4.69, 9.17) is 17.0 Å². The van der Waals surface area contributed by atoms with Crippen LogP contribution in [0.4, 0.5) is 0 Å². The summed E-state index contributed by atoms with van der Waals surface area (Å²) in [5, 5.41) is 0. The molecule has 0 N–H and O–H groups in total. The molecular weight excluding hydrogens is 755 g/mol. The van der Waals surface area contributed by atoms with Gasteiger partial charge in [0.2, 0.25) is 0 Å². The molecule has 0 aliphatic heterocycles. The summed E-state index contributed by atoms with van der Waals surface area (Å²) < 4.78 is 0.200. The van der Waals surface area contributed by atoms with Crippen LogP contribution in [0.3, 0.4) is 0 Å². The van der Waals surface area contributed by atoms with Crippen LogP contribution >= 0.6 is 17.0 Å². The van der Waals surface area contributed by atoms with Gasteiger partial charge in [0.25, 0.3) is 0 Å². The van der Waals surface area contributed by atoms with Crippen molar-refractivity contribution >= 4 is 35.1 Å². The molecule has 3 atom stereocenters. The SMILES string of the molecule is CCCC(C)C1=Cc2c(-c3ccc(C(C)C)cc3)cccc2[CH]1[Zr]([Cl])([Cl])([CH]1C(C)=Cc2c(-c3ccc(C4CCCCC4)cc3)cccc21)[SiH](C)C. The van der Waals surface area contributed by atoms with Crippen molar-refractivity contribution < 1.29 is 15.6 Å². The maximum atomic E-state index is 8.75. The quantitative estimate of drug-likeness (QED) is 0.140. The molecule has 4 aromatic carbocycles. The van der Waals surface area contributed by atoms with Gasteiger partial charge in [-0.25, -0.2) is 0 Å². The number of benzene rings is 4. The molecule has 1 fully saturated rings. The molecule has 0 amide bonds. The van der Waals surface area contributed by atoms with E-state index in [2.05, 4.69) is 145 Å². The van der Waals surface area contributed by atoms with Crippen molar-refractivity contribution in [2.24, 2.45) is 5.92 Å². The van der Waals surface area contributed by atoms with Crippen LogP contribution in [-0.2, 0) is 15.6 Å². The van der Waals surface area contributed by atoms with E-state index < -0.39 is 21.5 Å². The second kappa shape index (κ2) is 14.7. The van der Waals surface area contributed by atoms with E-state index >= 15 is 0 Å². The van der Waals surface area contributed by atoms with Gasteiger partial charge < -0.3 is 0 Å². The summed E-state index contributed by atoms with van der Waals surface area (Å²) in [5.41, 5.74) is 16.4. The molecule has 51 heavy (non-hydrogen) atoms. The molecule has 3 aliphatic carbocycles. The van der Waals surface area contributed by atoms with Crippen molar-refractivity contribution in [2.75, 3.05) is 0 Å². The third kappa shape index (κ3) is 6.51. The topological polar surface area (TPSA) is 0 Å². The van der Waals surface area contributed by atoms with Gasteiger partial charge in [-0.3, -0.25) is 0 Å². The number of rotatable bonds is 10. The van der Waals surface area contributed by atoms with Crippen LogP contribution in [0.5, 0.6) is 0 Å². The first kappa shape index (κ1) is 37.4. The summed E-state index contributed by atoms with van der Waals surface area (Å²) >= 11 is -4.85. The normalized spacial score (nSPS) is 20.5. The van der Waals surface area contributed by atoms with Crippen LogP contribution < -0.4 is 0 Å². The second-order valence-corrected chi connectivity index (χ2v) is 59.3. The minimum absolute atomic E-state index is 0.0973. The van der Waals surface area contributed by atoms with Crippen molar-refractivity contribution in [1.82, 2.24) is 0 Å². The molecule has 4 heteroatoms. The van der Waals surface area contributed by atoms with E-state index in [-0.39, 0.29) is 7.25 Å². The zero-order chi connectivity index (χ0) is 36.1. The molecule has 4 aromatic rings. The molecule has 0 radical (unpaired) electrons. The van der Waals surface area contributed by atoms with Crippen LogP contribution in [0.15, 0.2) is 96.1 Å². The van der Waals surface area contributed by atoms with Crippen molar-refractivity contribution in [1.29, 1.82) is 0 Å². The average molecular weight is 812 g/mol. The van der Waals surface area contributed by atoms with Gasteiger partial charge in [-0.2, -0.15) is 0 Å². The van der Waals surface area contributed by atoms with E-state index in [0.29, 0.717) is 17.8 Å². The molecular formula is C47H57Cl2SiZr. The fourth-order valence-corrected chi connectivity index (χ4v) is 42.2. The van der Waals surface area contributed by atoms with Crippen LogP contribution in [0.2, 0.25) is 13.1 Å². The van der Waals surface area contributed by atoms with E-state index in [0.717, 1.165) is 12.8 Å². The Morgan fingerprint density at radius 3 is 1.80 bits per heavy atom. The predicted molar refractivity (Wildman–Crippen MR) is 225 cm³/mol. The fraction of sp³-hybridized carbons (Fsp3) is 0.404. The Balaban J connectivity index is 1.35. The van der Waals surface area contributed by atoms with Crippen LogP contribution in [0, 0.1) is 5.92 Å². The molecule has 0 heterocycles. The van der Waals surface area contributed by atoms with Gasteiger partial charge in [0.1, 0.15) is 0 Å². The third-order valence-electron chi connectivity index (χ3n) is 13.1. The van der Waals surface area contributed by atoms with Crippen molar-refractivity contribution in [3.8, 4) is 22.3 Å². The maximum absolute atomic E-state index is 8.75. The second-order valence-electron chi connectivity index (χ2n) is 16.8. The Kier molecular flexibility index (Phi) is 10.8. The molecule has 1 saturated carbocycles. The monoisotopic (exact) mass is 809 g/mol. The number of allylic oxidation sites excluding steroid dienone is 2.